The van der Waals surface area contributed by atoms with Crippen LogP contribution in [0.15, 0.2) is 23.2 Å². The molecule has 25 heavy (non-hydrogen) atoms. The van der Waals surface area contributed by atoms with E-state index in [1.54, 1.807) is 21.3 Å². The Morgan fingerprint density at radius 2 is 1.88 bits per heavy atom. The summed E-state index contributed by atoms with van der Waals surface area (Å²) in [6.07, 6.45) is 0. The van der Waals surface area contributed by atoms with Gasteiger partial charge in [0.25, 0.3) is 0 Å². The Labute approximate surface area is 165 Å². The number of aromatic nitrogens is 3. The van der Waals surface area contributed by atoms with Crippen molar-refractivity contribution in [2.75, 3.05) is 21.3 Å². The number of rotatable bonds is 6. The van der Waals surface area contributed by atoms with Gasteiger partial charge in [-0.1, -0.05) is 0 Å². The molecule has 1 heterocycles. The molecule has 1 aromatic carbocycles. The van der Waals surface area contributed by atoms with Crippen molar-refractivity contribution in [3.05, 3.63) is 35.4 Å². The van der Waals surface area contributed by atoms with Gasteiger partial charge in [0.05, 0.1) is 20.8 Å². The van der Waals surface area contributed by atoms with Crippen molar-refractivity contribution in [3.8, 4) is 11.5 Å². The normalized spacial score (nSPS) is 10.8. The molecule has 0 bridgehead atoms. The third-order valence-corrected chi connectivity index (χ3v) is 3.76. The molecular formula is C16H25IN6O2. The number of hydrogen-bond acceptors (Lipinski definition) is 5. The molecule has 8 nitrogen and oxygen atoms in total. The quantitative estimate of drug-likeness (QED) is 0.387. The molecular weight excluding hydrogens is 435 g/mol. The second kappa shape index (κ2) is 10.1. The zero-order valence-corrected chi connectivity index (χ0v) is 17.5. The Balaban J connectivity index is 0.00000312. The second-order valence-corrected chi connectivity index (χ2v) is 5.18. The molecule has 2 aromatic rings. The van der Waals surface area contributed by atoms with E-state index in [0.717, 1.165) is 28.7 Å². The van der Waals surface area contributed by atoms with Crippen LogP contribution < -0.4 is 20.1 Å². The van der Waals surface area contributed by atoms with Crippen LogP contribution in [0.3, 0.4) is 0 Å². The molecule has 0 saturated carbocycles. The SMILES string of the molecule is CN=C(NCc1ccc(OC)cc1OC)NCc1nnc(C)n1C.I. The van der Waals surface area contributed by atoms with Gasteiger partial charge >= 0.3 is 0 Å². The molecule has 0 amide bonds. The number of halogens is 1. The first-order valence-electron chi connectivity index (χ1n) is 7.59. The van der Waals surface area contributed by atoms with Gasteiger partial charge in [0.1, 0.15) is 17.3 Å². The number of aliphatic imine (C=N–C) groups is 1. The Hall–Kier alpha value is -2.04. The molecule has 0 fully saturated rings. The number of nitrogens with one attached hydrogen (secondary N) is 2. The summed E-state index contributed by atoms with van der Waals surface area (Å²) in [5, 5.41) is 14.6. The van der Waals surface area contributed by atoms with Crippen LogP contribution in [-0.4, -0.2) is 42.0 Å². The van der Waals surface area contributed by atoms with E-state index in [-0.39, 0.29) is 24.0 Å². The Kier molecular flexibility index (Phi) is 8.46. The van der Waals surface area contributed by atoms with Crippen molar-refractivity contribution in [1.29, 1.82) is 0 Å². The minimum atomic E-state index is 0. The predicted octanol–water partition coefficient (Wildman–Crippen LogP) is 1.62. The number of nitrogens with zero attached hydrogens (tertiary/aromatic N) is 4. The van der Waals surface area contributed by atoms with Crippen LogP contribution in [-0.2, 0) is 20.1 Å². The van der Waals surface area contributed by atoms with E-state index < -0.39 is 0 Å². The van der Waals surface area contributed by atoms with E-state index in [1.165, 1.54) is 0 Å². The summed E-state index contributed by atoms with van der Waals surface area (Å²) >= 11 is 0. The van der Waals surface area contributed by atoms with Gasteiger partial charge in [-0.2, -0.15) is 0 Å². The van der Waals surface area contributed by atoms with Crippen molar-refractivity contribution in [2.24, 2.45) is 12.0 Å². The van der Waals surface area contributed by atoms with Crippen molar-refractivity contribution in [2.45, 2.75) is 20.0 Å². The van der Waals surface area contributed by atoms with Crippen molar-refractivity contribution < 1.29 is 9.47 Å². The highest BCUT2D eigenvalue weighted by atomic mass is 127. The third-order valence-electron chi connectivity index (χ3n) is 3.76. The average molecular weight is 460 g/mol. The lowest BCUT2D eigenvalue weighted by Crippen LogP contribution is -2.37. The van der Waals surface area contributed by atoms with Crippen LogP contribution in [0.1, 0.15) is 17.2 Å². The molecule has 0 spiro atoms. The van der Waals surface area contributed by atoms with Crippen LogP contribution >= 0.6 is 24.0 Å². The highest BCUT2D eigenvalue weighted by Gasteiger charge is 2.08. The minimum absolute atomic E-state index is 0. The number of aryl methyl sites for hydroxylation is 1. The smallest absolute Gasteiger partial charge is 0.191 e. The van der Waals surface area contributed by atoms with Gasteiger partial charge in [0.15, 0.2) is 11.8 Å². The first kappa shape index (κ1) is 21.0. The molecule has 138 valence electrons. The number of benzene rings is 1. The topological polar surface area (TPSA) is 85.6 Å². The monoisotopic (exact) mass is 460 g/mol. The molecule has 0 aliphatic carbocycles. The van der Waals surface area contributed by atoms with Gasteiger partial charge < -0.3 is 24.7 Å². The summed E-state index contributed by atoms with van der Waals surface area (Å²) in [5.74, 6) is 3.92. The van der Waals surface area contributed by atoms with E-state index in [1.807, 2.05) is 36.7 Å². The van der Waals surface area contributed by atoms with E-state index >= 15 is 0 Å². The molecule has 0 saturated heterocycles. The standard InChI is InChI=1S/C16H24N6O2.HI/c1-11-20-21-15(22(11)3)10-19-16(17-2)18-9-12-6-7-13(23-4)8-14(12)24-5;/h6-8H,9-10H2,1-5H3,(H2,17,18,19);1H. The van der Waals surface area contributed by atoms with Crippen LogP contribution in [0.4, 0.5) is 0 Å². The van der Waals surface area contributed by atoms with Gasteiger partial charge in [0, 0.05) is 32.3 Å². The number of hydrogen-bond donors (Lipinski definition) is 2. The van der Waals surface area contributed by atoms with Gasteiger partial charge in [-0.25, -0.2) is 0 Å². The van der Waals surface area contributed by atoms with Crippen LogP contribution in [0.5, 0.6) is 11.5 Å². The maximum Gasteiger partial charge on any atom is 0.191 e. The lowest BCUT2D eigenvalue weighted by molar-refractivity contribution is 0.390. The first-order chi connectivity index (χ1) is 11.6. The second-order valence-electron chi connectivity index (χ2n) is 5.18. The Bertz CT molecular complexity index is 717. The fourth-order valence-electron chi connectivity index (χ4n) is 2.17. The van der Waals surface area contributed by atoms with Gasteiger partial charge in [-0.05, 0) is 19.1 Å². The summed E-state index contributed by atoms with van der Waals surface area (Å²) in [6, 6.07) is 5.72. The summed E-state index contributed by atoms with van der Waals surface area (Å²) in [6.45, 7) is 3.03. The molecule has 2 rings (SSSR count). The lowest BCUT2D eigenvalue weighted by atomic mass is 10.2. The van der Waals surface area contributed by atoms with Crippen molar-refractivity contribution >= 4 is 29.9 Å². The van der Waals surface area contributed by atoms with Crippen LogP contribution in [0.2, 0.25) is 0 Å². The largest absolute Gasteiger partial charge is 0.497 e. The number of methoxy groups -OCH3 is 2. The molecule has 9 heteroatoms. The summed E-state index contributed by atoms with van der Waals surface area (Å²) in [7, 11) is 6.93. The maximum atomic E-state index is 5.40. The van der Waals surface area contributed by atoms with Crippen LogP contribution in [0, 0.1) is 6.92 Å². The predicted molar refractivity (Wildman–Crippen MR) is 108 cm³/mol. The Morgan fingerprint density at radius 3 is 2.44 bits per heavy atom. The number of guanidine groups is 1. The average Bonchev–Trinajstić information content (AvgIpc) is 2.93. The molecule has 0 atom stereocenters. The molecule has 0 aliphatic rings. The molecule has 2 N–H and O–H groups in total. The Morgan fingerprint density at radius 1 is 1.16 bits per heavy atom. The summed E-state index contributed by atoms with van der Waals surface area (Å²) < 4.78 is 12.5. The van der Waals surface area contributed by atoms with Gasteiger partial charge in [-0.3, -0.25) is 4.99 Å². The third kappa shape index (κ3) is 5.48. The fourth-order valence-corrected chi connectivity index (χ4v) is 2.17. The highest BCUT2D eigenvalue weighted by molar-refractivity contribution is 14.0. The summed E-state index contributed by atoms with van der Waals surface area (Å²) in [5.41, 5.74) is 1.01. The fraction of sp³-hybridized carbons (Fsp3) is 0.438. The zero-order chi connectivity index (χ0) is 17.5. The molecule has 0 radical (unpaired) electrons. The summed E-state index contributed by atoms with van der Waals surface area (Å²) in [4.78, 5) is 4.22. The van der Waals surface area contributed by atoms with Gasteiger partial charge in [0.2, 0.25) is 0 Å². The maximum absolute atomic E-state index is 5.40. The van der Waals surface area contributed by atoms with Crippen LogP contribution in [0.25, 0.3) is 0 Å². The molecule has 1 aromatic heterocycles. The zero-order valence-electron chi connectivity index (χ0n) is 15.2. The van der Waals surface area contributed by atoms with E-state index in [2.05, 4.69) is 25.8 Å². The highest BCUT2D eigenvalue weighted by Crippen LogP contribution is 2.24. The number of ether oxygens (including phenoxy) is 2. The minimum Gasteiger partial charge on any atom is -0.497 e. The molecule has 0 aliphatic heterocycles. The lowest BCUT2D eigenvalue weighted by Gasteiger charge is -2.14. The van der Waals surface area contributed by atoms with Gasteiger partial charge in [-0.15, -0.1) is 34.2 Å². The van der Waals surface area contributed by atoms with E-state index in [4.69, 9.17) is 9.47 Å². The van der Waals surface area contributed by atoms with Crippen molar-refractivity contribution in [1.82, 2.24) is 25.4 Å². The van der Waals surface area contributed by atoms with E-state index in [0.29, 0.717) is 19.0 Å². The van der Waals surface area contributed by atoms with E-state index in [9.17, 15) is 0 Å². The first-order valence-corrected chi connectivity index (χ1v) is 7.59. The van der Waals surface area contributed by atoms with Crippen molar-refractivity contribution in [3.63, 3.8) is 0 Å². The molecule has 0 unspecified atom stereocenters.